The van der Waals surface area contributed by atoms with E-state index in [0.29, 0.717) is 29.0 Å². The molecule has 21 heavy (non-hydrogen) atoms. The fourth-order valence-corrected chi connectivity index (χ4v) is 1.98. The lowest BCUT2D eigenvalue weighted by atomic mass is 10.0. The maximum Gasteiger partial charge on any atom is 0.416 e. The summed E-state index contributed by atoms with van der Waals surface area (Å²) in [6, 6.07) is 9.99. The second-order valence-corrected chi connectivity index (χ2v) is 4.53. The molecule has 0 aliphatic heterocycles. The van der Waals surface area contributed by atoms with Crippen molar-refractivity contribution in [2.45, 2.75) is 6.18 Å². The molecule has 0 fully saturated rings. The number of nitrogens with two attached hydrogens (primary N) is 1. The number of halogens is 3. The third-order valence-corrected chi connectivity index (χ3v) is 2.99. The minimum atomic E-state index is -4.35. The number of aliphatic hydroxyl groups excluding tert-OH is 1. The van der Waals surface area contributed by atoms with E-state index in [-0.39, 0.29) is 6.61 Å². The first-order valence-corrected chi connectivity index (χ1v) is 6.33. The SMILES string of the molecule is Nc1ccc(NCCO)c(-c2ccc(C(F)(F)F)cc2)c1. The standard InChI is InChI=1S/C15H15F3N2O/c16-15(17,18)11-3-1-10(2-4-11)13-9-12(19)5-6-14(13)20-7-8-21/h1-6,9,20-21H,7-8,19H2. The Bertz CT molecular complexity index is 609. The lowest BCUT2D eigenvalue weighted by Crippen LogP contribution is -2.07. The molecule has 0 aliphatic rings. The zero-order valence-electron chi connectivity index (χ0n) is 11.1. The summed E-state index contributed by atoms with van der Waals surface area (Å²) in [5, 5.41) is 11.9. The third-order valence-electron chi connectivity index (χ3n) is 2.99. The van der Waals surface area contributed by atoms with Gasteiger partial charge >= 0.3 is 6.18 Å². The van der Waals surface area contributed by atoms with Crippen LogP contribution in [0.5, 0.6) is 0 Å². The van der Waals surface area contributed by atoms with Crippen LogP contribution in [0.3, 0.4) is 0 Å². The van der Waals surface area contributed by atoms with Crippen molar-refractivity contribution in [2.24, 2.45) is 0 Å². The van der Waals surface area contributed by atoms with Crippen LogP contribution in [-0.4, -0.2) is 18.3 Å². The molecule has 2 aromatic rings. The summed E-state index contributed by atoms with van der Waals surface area (Å²) in [4.78, 5) is 0. The van der Waals surface area contributed by atoms with Crippen LogP contribution >= 0.6 is 0 Å². The van der Waals surface area contributed by atoms with Gasteiger partial charge in [0.15, 0.2) is 0 Å². The van der Waals surface area contributed by atoms with E-state index in [1.54, 1.807) is 18.2 Å². The van der Waals surface area contributed by atoms with E-state index in [1.807, 2.05) is 0 Å². The van der Waals surface area contributed by atoms with Gasteiger partial charge in [-0.15, -0.1) is 0 Å². The smallest absolute Gasteiger partial charge is 0.399 e. The topological polar surface area (TPSA) is 58.3 Å². The van der Waals surface area contributed by atoms with Crippen molar-refractivity contribution < 1.29 is 18.3 Å². The molecule has 0 radical (unpaired) electrons. The molecular weight excluding hydrogens is 281 g/mol. The van der Waals surface area contributed by atoms with Crippen molar-refractivity contribution in [3.8, 4) is 11.1 Å². The first-order chi connectivity index (χ1) is 9.91. The van der Waals surface area contributed by atoms with Gasteiger partial charge in [0.05, 0.1) is 12.2 Å². The van der Waals surface area contributed by atoms with Crippen molar-refractivity contribution in [1.82, 2.24) is 0 Å². The Kier molecular flexibility index (Phi) is 4.37. The molecule has 112 valence electrons. The molecule has 2 rings (SSSR count). The predicted octanol–water partition coefficient (Wildman–Crippen LogP) is 3.36. The van der Waals surface area contributed by atoms with Crippen LogP contribution in [0, 0.1) is 0 Å². The van der Waals surface area contributed by atoms with Gasteiger partial charge in [0.25, 0.3) is 0 Å². The summed E-state index contributed by atoms with van der Waals surface area (Å²) in [7, 11) is 0. The zero-order valence-corrected chi connectivity index (χ0v) is 11.1. The Labute approximate surface area is 120 Å². The number of nitrogens with one attached hydrogen (secondary N) is 1. The minimum Gasteiger partial charge on any atom is -0.399 e. The van der Waals surface area contributed by atoms with Crippen LogP contribution in [0.15, 0.2) is 42.5 Å². The summed E-state index contributed by atoms with van der Waals surface area (Å²) in [6.07, 6.45) is -4.35. The minimum absolute atomic E-state index is 0.0448. The molecule has 4 N–H and O–H groups in total. The van der Waals surface area contributed by atoms with Crippen molar-refractivity contribution in [3.63, 3.8) is 0 Å². The summed E-state index contributed by atoms with van der Waals surface area (Å²) >= 11 is 0. The molecule has 3 nitrogen and oxygen atoms in total. The maximum atomic E-state index is 12.6. The number of rotatable bonds is 4. The Morgan fingerprint density at radius 1 is 1.05 bits per heavy atom. The molecule has 0 aromatic heterocycles. The number of benzene rings is 2. The van der Waals surface area contributed by atoms with E-state index in [9.17, 15) is 13.2 Å². The van der Waals surface area contributed by atoms with Gasteiger partial charge in [0.2, 0.25) is 0 Å². The van der Waals surface area contributed by atoms with Gasteiger partial charge in [0.1, 0.15) is 0 Å². The summed E-state index contributed by atoms with van der Waals surface area (Å²) in [5.74, 6) is 0. The van der Waals surface area contributed by atoms with Crippen LogP contribution < -0.4 is 11.1 Å². The van der Waals surface area contributed by atoms with Crippen molar-refractivity contribution >= 4 is 11.4 Å². The number of nitrogen functional groups attached to an aromatic ring is 1. The molecule has 2 aromatic carbocycles. The zero-order chi connectivity index (χ0) is 15.5. The third kappa shape index (κ3) is 3.66. The summed E-state index contributed by atoms with van der Waals surface area (Å²) in [5.41, 5.74) is 7.57. The first-order valence-electron chi connectivity index (χ1n) is 6.33. The molecule has 0 unspecified atom stereocenters. The van der Waals surface area contributed by atoms with Gasteiger partial charge < -0.3 is 16.2 Å². The van der Waals surface area contributed by atoms with Crippen molar-refractivity contribution in [1.29, 1.82) is 0 Å². The molecular formula is C15H15F3N2O. The molecule has 0 heterocycles. The van der Waals surface area contributed by atoms with Crippen LogP contribution in [0.2, 0.25) is 0 Å². The summed E-state index contributed by atoms with van der Waals surface area (Å²) < 4.78 is 37.7. The Hall–Kier alpha value is -2.21. The number of hydrogen-bond acceptors (Lipinski definition) is 3. The van der Waals surface area contributed by atoms with Crippen LogP contribution in [0.1, 0.15) is 5.56 Å². The molecule has 0 atom stereocenters. The van der Waals surface area contributed by atoms with Crippen LogP contribution in [0.4, 0.5) is 24.5 Å². The molecule has 0 saturated heterocycles. The first kappa shape index (κ1) is 15.2. The highest BCUT2D eigenvalue weighted by atomic mass is 19.4. The molecule has 6 heteroatoms. The van der Waals surface area contributed by atoms with E-state index in [4.69, 9.17) is 10.8 Å². The van der Waals surface area contributed by atoms with Crippen molar-refractivity contribution in [3.05, 3.63) is 48.0 Å². The Balaban J connectivity index is 2.38. The van der Waals surface area contributed by atoms with Gasteiger partial charge in [-0.1, -0.05) is 12.1 Å². The van der Waals surface area contributed by atoms with Crippen molar-refractivity contribution in [2.75, 3.05) is 24.2 Å². The average molecular weight is 296 g/mol. The Morgan fingerprint density at radius 2 is 1.71 bits per heavy atom. The second-order valence-electron chi connectivity index (χ2n) is 4.53. The largest absolute Gasteiger partial charge is 0.416 e. The predicted molar refractivity (Wildman–Crippen MR) is 76.9 cm³/mol. The van der Waals surface area contributed by atoms with E-state index < -0.39 is 11.7 Å². The normalized spacial score (nSPS) is 11.4. The molecule has 0 saturated carbocycles. The van der Waals surface area contributed by atoms with Crippen LogP contribution in [-0.2, 0) is 6.18 Å². The Morgan fingerprint density at radius 3 is 2.29 bits per heavy atom. The second kappa shape index (κ2) is 6.05. The number of alkyl halides is 3. The summed E-state index contributed by atoms with van der Waals surface area (Å²) in [6.45, 7) is 0.300. The maximum absolute atomic E-state index is 12.6. The highest BCUT2D eigenvalue weighted by Crippen LogP contribution is 2.34. The fraction of sp³-hybridized carbons (Fsp3) is 0.200. The van der Waals surface area contributed by atoms with E-state index in [2.05, 4.69) is 5.32 Å². The van der Waals surface area contributed by atoms with Gasteiger partial charge in [-0.2, -0.15) is 13.2 Å². The van der Waals surface area contributed by atoms with E-state index in [0.717, 1.165) is 12.1 Å². The lowest BCUT2D eigenvalue weighted by molar-refractivity contribution is -0.137. The fourth-order valence-electron chi connectivity index (χ4n) is 1.98. The van der Waals surface area contributed by atoms with Gasteiger partial charge in [0, 0.05) is 23.5 Å². The monoisotopic (exact) mass is 296 g/mol. The number of aliphatic hydroxyl groups is 1. The van der Waals surface area contributed by atoms with Gasteiger partial charge in [-0.25, -0.2) is 0 Å². The molecule has 0 aliphatic carbocycles. The lowest BCUT2D eigenvalue weighted by Gasteiger charge is -2.13. The highest BCUT2D eigenvalue weighted by molar-refractivity contribution is 5.80. The number of hydrogen-bond donors (Lipinski definition) is 3. The van der Waals surface area contributed by atoms with Crippen LogP contribution in [0.25, 0.3) is 11.1 Å². The van der Waals surface area contributed by atoms with Gasteiger partial charge in [-0.05, 0) is 35.9 Å². The molecule has 0 amide bonds. The molecule has 0 spiro atoms. The number of anilines is 2. The van der Waals surface area contributed by atoms with E-state index >= 15 is 0 Å². The average Bonchev–Trinajstić information content (AvgIpc) is 2.45. The quantitative estimate of drug-likeness (QED) is 0.758. The highest BCUT2D eigenvalue weighted by Gasteiger charge is 2.30. The van der Waals surface area contributed by atoms with Gasteiger partial charge in [-0.3, -0.25) is 0 Å². The van der Waals surface area contributed by atoms with E-state index in [1.165, 1.54) is 12.1 Å². The molecule has 0 bridgehead atoms.